The molecule has 9 heteroatoms. The van der Waals surface area contributed by atoms with Crippen LogP contribution in [0.15, 0.2) is 71.6 Å². The summed E-state index contributed by atoms with van der Waals surface area (Å²) >= 11 is 0. The van der Waals surface area contributed by atoms with E-state index in [1.54, 1.807) is 43.3 Å². The van der Waals surface area contributed by atoms with Crippen LogP contribution in [0.1, 0.15) is 28.9 Å². The SMILES string of the molecule is CC(NC(=O)c1cccc(NS(=O)(=O)c2ccc3c(c2)OCCO3)c1)c1cccc(F)c1. The minimum Gasteiger partial charge on any atom is -0.486 e. The zero-order valence-corrected chi connectivity index (χ0v) is 18.0. The highest BCUT2D eigenvalue weighted by Gasteiger charge is 2.20. The van der Waals surface area contributed by atoms with Crippen molar-refractivity contribution in [2.24, 2.45) is 0 Å². The quantitative estimate of drug-likeness (QED) is 0.587. The van der Waals surface area contributed by atoms with Crippen molar-refractivity contribution in [1.82, 2.24) is 5.32 Å². The molecular formula is C23H21FN2O5S. The van der Waals surface area contributed by atoms with Gasteiger partial charge in [0.1, 0.15) is 19.0 Å². The summed E-state index contributed by atoms with van der Waals surface area (Å²) in [5.74, 6) is 0.0427. The molecule has 32 heavy (non-hydrogen) atoms. The van der Waals surface area contributed by atoms with Gasteiger partial charge in [-0.3, -0.25) is 9.52 Å². The first-order valence-electron chi connectivity index (χ1n) is 9.91. The molecule has 0 bridgehead atoms. The molecule has 166 valence electrons. The summed E-state index contributed by atoms with van der Waals surface area (Å²) in [4.78, 5) is 12.7. The molecule has 1 aliphatic heterocycles. The number of sulfonamides is 1. The van der Waals surface area contributed by atoms with Gasteiger partial charge in [-0.1, -0.05) is 18.2 Å². The second-order valence-electron chi connectivity index (χ2n) is 7.24. The number of rotatable bonds is 6. The number of hydrogen-bond donors (Lipinski definition) is 2. The fourth-order valence-electron chi connectivity index (χ4n) is 3.27. The van der Waals surface area contributed by atoms with Crippen molar-refractivity contribution in [3.05, 3.63) is 83.7 Å². The number of carbonyl (C=O) groups is 1. The highest BCUT2D eigenvalue weighted by atomic mass is 32.2. The van der Waals surface area contributed by atoms with E-state index in [0.29, 0.717) is 30.3 Å². The molecule has 0 fully saturated rings. The Balaban J connectivity index is 1.49. The van der Waals surface area contributed by atoms with Gasteiger partial charge in [0.2, 0.25) is 0 Å². The van der Waals surface area contributed by atoms with E-state index in [4.69, 9.17) is 9.47 Å². The van der Waals surface area contributed by atoms with Crippen LogP contribution in [-0.4, -0.2) is 27.5 Å². The number of carbonyl (C=O) groups excluding carboxylic acids is 1. The third-order valence-corrected chi connectivity index (χ3v) is 6.28. The third kappa shape index (κ3) is 4.83. The standard InChI is InChI=1S/C23H21FN2O5S/c1-15(16-4-2-6-18(24)12-16)25-23(27)17-5-3-7-19(13-17)26-32(28,29)20-8-9-21-22(14-20)31-11-10-30-21/h2-9,12-15,26H,10-11H2,1H3,(H,25,27). The molecular weight excluding hydrogens is 435 g/mol. The minimum absolute atomic E-state index is 0.0105. The Morgan fingerprint density at radius 2 is 1.72 bits per heavy atom. The van der Waals surface area contributed by atoms with Gasteiger partial charge in [-0.25, -0.2) is 12.8 Å². The van der Waals surface area contributed by atoms with Crippen molar-refractivity contribution in [2.75, 3.05) is 17.9 Å². The van der Waals surface area contributed by atoms with Crippen LogP contribution in [0.3, 0.4) is 0 Å². The molecule has 1 heterocycles. The molecule has 1 aliphatic rings. The lowest BCUT2D eigenvalue weighted by molar-refractivity contribution is 0.0940. The smallest absolute Gasteiger partial charge is 0.262 e. The van der Waals surface area contributed by atoms with Crippen LogP contribution in [0.2, 0.25) is 0 Å². The molecule has 0 saturated carbocycles. The topological polar surface area (TPSA) is 93.7 Å². The Morgan fingerprint density at radius 1 is 0.969 bits per heavy atom. The van der Waals surface area contributed by atoms with Crippen LogP contribution in [0.4, 0.5) is 10.1 Å². The average molecular weight is 456 g/mol. The minimum atomic E-state index is -3.92. The van der Waals surface area contributed by atoms with Crippen molar-refractivity contribution in [3.63, 3.8) is 0 Å². The first-order chi connectivity index (χ1) is 15.3. The number of amides is 1. The monoisotopic (exact) mass is 456 g/mol. The van der Waals surface area contributed by atoms with E-state index in [2.05, 4.69) is 10.0 Å². The summed E-state index contributed by atoms with van der Waals surface area (Å²) < 4.78 is 52.4. The molecule has 0 radical (unpaired) electrons. The predicted molar refractivity (Wildman–Crippen MR) is 117 cm³/mol. The van der Waals surface area contributed by atoms with Crippen LogP contribution in [0.5, 0.6) is 11.5 Å². The van der Waals surface area contributed by atoms with Crippen molar-refractivity contribution >= 4 is 21.6 Å². The van der Waals surface area contributed by atoms with Crippen LogP contribution >= 0.6 is 0 Å². The van der Waals surface area contributed by atoms with Gasteiger partial charge in [0.15, 0.2) is 11.5 Å². The molecule has 4 rings (SSSR count). The van der Waals surface area contributed by atoms with Crippen molar-refractivity contribution in [1.29, 1.82) is 0 Å². The second kappa shape index (κ2) is 8.88. The van der Waals surface area contributed by atoms with Gasteiger partial charge in [0.25, 0.3) is 15.9 Å². The van der Waals surface area contributed by atoms with Gasteiger partial charge in [-0.2, -0.15) is 0 Å². The Bertz CT molecular complexity index is 1260. The Labute approximate surface area is 185 Å². The maximum atomic E-state index is 13.4. The number of ether oxygens (including phenoxy) is 2. The maximum Gasteiger partial charge on any atom is 0.262 e. The molecule has 0 aliphatic carbocycles. The maximum absolute atomic E-state index is 13.4. The first kappa shape index (κ1) is 21.6. The molecule has 3 aromatic rings. The number of halogens is 1. The van der Waals surface area contributed by atoms with Gasteiger partial charge in [0, 0.05) is 17.3 Å². The average Bonchev–Trinajstić information content (AvgIpc) is 2.78. The van der Waals surface area contributed by atoms with Crippen molar-refractivity contribution in [3.8, 4) is 11.5 Å². The first-order valence-corrected chi connectivity index (χ1v) is 11.4. The zero-order chi connectivity index (χ0) is 22.7. The Kier molecular flexibility index (Phi) is 6.00. The summed E-state index contributed by atoms with van der Waals surface area (Å²) in [6.07, 6.45) is 0. The van der Waals surface area contributed by atoms with Gasteiger partial charge < -0.3 is 14.8 Å². The van der Waals surface area contributed by atoms with E-state index >= 15 is 0 Å². The van der Waals surface area contributed by atoms with E-state index in [1.165, 1.54) is 30.3 Å². The lowest BCUT2D eigenvalue weighted by atomic mass is 10.1. The van der Waals surface area contributed by atoms with Gasteiger partial charge in [-0.15, -0.1) is 0 Å². The molecule has 3 aromatic carbocycles. The van der Waals surface area contributed by atoms with Gasteiger partial charge in [0.05, 0.1) is 10.9 Å². The molecule has 1 atom stereocenters. The second-order valence-corrected chi connectivity index (χ2v) is 8.92. The predicted octanol–water partition coefficient (Wildman–Crippen LogP) is 3.89. The molecule has 0 saturated heterocycles. The molecule has 1 unspecified atom stereocenters. The summed E-state index contributed by atoms with van der Waals surface area (Å²) in [7, 11) is -3.92. The summed E-state index contributed by atoms with van der Waals surface area (Å²) in [5.41, 5.74) is 1.11. The fourth-order valence-corrected chi connectivity index (χ4v) is 4.33. The largest absolute Gasteiger partial charge is 0.486 e. The third-order valence-electron chi connectivity index (χ3n) is 4.90. The van der Waals surface area contributed by atoms with E-state index in [0.717, 1.165) is 0 Å². The number of benzene rings is 3. The van der Waals surface area contributed by atoms with Gasteiger partial charge >= 0.3 is 0 Å². The van der Waals surface area contributed by atoms with E-state index in [9.17, 15) is 17.6 Å². The lowest BCUT2D eigenvalue weighted by Gasteiger charge is -2.19. The van der Waals surface area contributed by atoms with Crippen LogP contribution in [0, 0.1) is 5.82 Å². The summed E-state index contributed by atoms with van der Waals surface area (Å²) in [5, 5.41) is 2.78. The Morgan fingerprint density at radius 3 is 2.50 bits per heavy atom. The van der Waals surface area contributed by atoms with Crippen molar-refractivity contribution in [2.45, 2.75) is 17.9 Å². The molecule has 1 amide bonds. The summed E-state index contributed by atoms with van der Waals surface area (Å²) in [6.45, 7) is 2.49. The molecule has 7 nitrogen and oxygen atoms in total. The zero-order valence-electron chi connectivity index (χ0n) is 17.2. The normalized spacial score (nSPS) is 13.8. The highest BCUT2D eigenvalue weighted by Crippen LogP contribution is 2.32. The molecule has 0 aromatic heterocycles. The van der Waals surface area contributed by atoms with Crippen LogP contribution < -0.4 is 19.5 Å². The number of fused-ring (bicyclic) bond motifs is 1. The van der Waals surface area contributed by atoms with E-state index < -0.39 is 22.0 Å². The van der Waals surface area contributed by atoms with E-state index in [1.807, 2.05) is 0 Å². The molecule has 2 N–H and O–H groups in total. The number of hydrogen-bond acceptors (Lipinski definition) is 5. The van der Waals surface area contributed by atoms with Crippen molar-refractivity contribution < 1.29 is 27.1 Å². The molecule has 0 spiro atoms. The Hall–Kier alpha value is -3.59. The van der Waals surface area contributed by atoms with Gasteiger partial charge in [-0.05, 0) is 55.0 Å². The number of anilines is 1. The number of nitrogens with one attached hydrogen (secondary N) is 2. The van der Waals surface area contributed by atoms with E-state index in [-0.39, 0.29) is 22.0 Å². The summed E-state index contributed by atoms with van der Waals surface area (Å²) in [6, 6.07) is 16.0. The lowest BCUT2D eigenvalue weighted by Crippen LogP contribution is -2.26. The van der Waals surface area contributed by atoms with Crippen LogP contribution in [-0.2, 0) is 10.0 Å². The highest BCUT2D eigenvalue weighted by molar-refractivity contribution is 7.92. The fraction of sp³-hybridized carbons (Fsp3) is 0.174. The van der Waals surface area contributed by atoms with Crippen LogP contribution in [0.25, 0.3) is 0 Å².